The smallest absolute Gasteiger partial charge is 0.216 e. The Balaban J connectivity index is 1.33. The number of nitrogens with one attached hydrogen (secondary N) is 3. The highest BCUT2D eigenvalue weighted by Crippen LogP contribution is 2.48. The highest BCUT2D eigenvalue weighted by Gasteiger charge is 2.44. The molecule has 2 aromatic heterocycles. The van der Waals surface area contributed by atoms with Crippen LogP contribution in [0, 0.1) is 0 Å². The standard InChI is InChI=1S/C19H21BrN6O/c1-21-18(22-11-16-24-17(26-25-16)15-6-3-9-27-15)23-12-19(7-8-19)13-4-2-5-14(20)10-13/h2-6,9-10H,7-8,11-12H2,1H3,(H2,21,22,23)(H,24,25,26). The SMILES string of the molecule is CN=C(NCc1nc(-c2ccco2)n[nH]1)NCC1(c2cccc(Br)c2)CC1. The van der Waals surface area contributed by atoms with Gasteiger partial charge in [0, 0.05) is 23.5 Å². The van der Waals surface area contributed by atoms with Crippen LogP contribution in [0.2, 0.25) is 0 Å². The van der Waals surface area contributed by atoms with Crippen molar-refractivity contribution in [3.63, 3.8) is 0 Å². The summed E-state index contributed by atoms with van der Waals surface area (Å²) in [5, 5.41) is 13.8. The van der Waals surface area contributed by atoms with E-state index in [0.29, 0.717) is 18.1 Å². The first-order chi connectivity index (χ1) is 13.2. The summed E-state index contributed by atoms with van der Waals surface area (Å²) in [7, 11) is 1.77. The summed E-state index contributed by atoms with van der Waals surface area (Å²) in [6.07, 6.45) is 3.97. The van der Waals surface area contributed by atoms with Crippen molar-refractivity contribution in [3.8, 4) is 11.6 Å². The predicted octanol–water partition coefficient (Wildman–Crippen LogP) is 3.22. The summed E-state index contributed by atoms with van der Waals surface area (Å²) in [6, 6.07) is 12.2. The van der Waals surface area contributed by atoms with Gasteiger partial charge in [-0.1, -0.05) is 28.1 Å². The molecule has 1 aliphatic rings. The number of rotatable bonds is 6. The largest absolute Gasteiger partial charge is 0.461 e. The van der Waals surface area contributed by atoms with Crippen LogP contribution in [0.25, 0.3) is 11.6 Å². The molecule has 0 aliphatic heterocycles. The number of furan rings is 1. The minimum Gasteiger partial charge on any atom is -0.461 e. The molecule has 0 unspecified atom stereocenters. The van der Waals surface area contributed by atoms with Crippen molar-refractivity contribution in [2.24, 2.45) is 4.99 Å². The van der Waals surface area contributed by atoms with Gasteiger partial charge in [0.2, 0.25) is 5.82 Å². The van der Waals surface area contributed by atoms with Gasteiger partial charge in [0.25, 0.3) is 0 Å². The maximum atomic E-state index is 5.31. The minimum atomic E-state index is 0.195. The third kappa shape index (κ3) is 4.05. The van der Waals surface area contributed by atoms with Crippen LogP contribution in [0.4, 0.5) is 0 Å². The molecule has 1 saturated carbocycles. The normalized spacial score (nSPS) is 15.6. The fourth-order valence-electron chi connectivity index (χ4n) is 3.07. The first-order valence-corrected chi connectivity index (χ1v) is 9.64. The highest BCUT2D eigenvalue weighted by atomic mass is 79.9. The molecule has 27 heavy (non-hydrogen) atoms. The Morgan fingerprint density at radius 3 is 2.89 bits per heavy atom. The molecule has 3 aromatic rings. The van der Waals surface area contributed by atoms with E-state index in [0.717, 1.165) is 22.8 Å². The molecule has 140 valence electrons. The average molecular weight is 429 g/mol. The van der Waals surface area contributed by atoms with Crippen LogP contribution in [0.1, 0.15) is 24.2 Å². The highest BCUT2D eigenvalue weighted by molar-refractivity contribution is 9.10. The lowest BCUT2D eigenvalue weighted by molar-refractivity contribution is 0.577. The zero-order valence-corrected chi connectivity index (χ0v) is 16.6. The van der Waals surface area contributed by atoms with E-state index >= 15 is 0 Å². The molecule has 0 radical (unpaired) electrons. The lowest BCUT2D eigenvalue weighted by atomic mass is 9.96. The number of aromatic amines is 1. The lowest BCUT2D eigenvalue weighted by Gasteiger charge is -2.19. The monoisotopic (exact) mass is 428 g/mol. The molecule has 0 atom stereocenters. The van der Waals surface area contributed by atoms with Gasteiger partial charge in [-0.2, -0.15) is 0 Å². The Morgan fingerprint density at radius 2 is 2.19 bits per heavy atom. The molecule has 7 nitrogen and oxygen atoms in total. The van der Waals surface area contributed by atoms with Crippen molar-refractivity contribution >= 4 is 21.9 Å². The van der Waals surface area contributed by atoms with E-state index in [9.17, 15) is 0 Å². The molecular weight excluding hydrogens is 408 g/mol. The van der Waals surface area contributed by atoms with E-state index in [2.05, 4.69) is 71.0 Å². The van der Waals surface area contributed by atoms with Gasteiger partial charge in [-0.25, -0.2) is 4.98 Å². The molecule has 4 rings (SSSR count). The molecule has 0 bridgehead atoms. The van der Waals surface area contributed by atoms with Crippen molar-refractivity contribution in [1.29, 1.82) is 0 Å². The molecule has 1 aromatic carbocycles. The summed E-state index contributed by atoms with van der Waals surface area (Å²) >= 11 is 3.56. The van der Waals surface area contributed by atoms with Crippen LogP contribution in [0.3, 0.4) is 0 Å². The van der Waals surface area contributed by atoms with E-state index in [1.54, 1.807) is 13.3 Å². The van der Waals surface area contributed by atoms with Crippen molar-refractivity contribution in [2.75, 3.05) is 13.6 Å². The van der Waals surface area contributed by atoms with Crippen molar-refractivity contribution in [1.82, 2.24) is 25.8 Å². The van der Waals surface area contributed by atoms with Crippen LogP contribution < -0.4 is 10.6 Å². The first-order valence-electron chi connectivity index (χ1n) is 8.84. The minimum absolute atomic E-state index is 0.195. The molecule has 0 spiro atoms. The second-order valence-electron chi connectivity index (χ2n) is 6.65. The van der Waals surface area contributed by atoms with E-state index in [-0.39, 0.29) is 5.41 Å². The van der Waals surface area contributed by atoms with Crippen LogP contribution >= 0.6 is 15.9 Å². The third-order valence-electron chi connectivity index (χ3n) is 4.80. The molecule has 0 saturated heterocycles. The van der Waals surface area contributed by atoms with Crippen molar-refractivity contribution < 1.29 is 4.42 Å². The summed E-state index contributed by atoms with van der Waals surface area (Å²) in [5.41, 5.74) is 1.55. The van der Waals surface area contributed by atoms with Crippen LogP contribution in [0.15, 0.2) is 56.5 Å². The van der Waals surface area contributed by atoms with Crippen LogP contribution in [-0.4, -0.2) is 34.7 Å². The Bertz CT molecular complexity index is 929. The summed E-state index contributed by atoms with van der Waals surface area (Å²) in [4.78, 5) is 8.73. The van der Waals surface area contributed by atoms with E-state index in [1.165, 1.54) is 18.4 Å². The Kier molecular flexibility index (Phi) is 4.98. The number of halogens is 1. The Labute approximate surface area is 165 Å². The Morgan fingerprint density at radius 1 is 1.30 bits per heavy atom. The quantitative estimate of drug-likeness (QED) is 0.414. The zero-order chi connectivity index (χ0) is 18.7. The number of hydrogen-bond acceptors (Lipinski definition) is 4. The van der Waals surface area contributed by atoms with E-state index < -0.39 is 0 Å². The van der Waals surface area contributed by atoms with Crippen molar-refractivity contribution in [2.45, 2.75) is 24.8 Å². The number of benzene rings is 1. The maximum absolute atomic E-state index is 5.31. The first kappa shape index (κ1) is 17.8. The molecule has 0 amide bonds. The van der Waals surface area contributed by atoms with Gasteiger partial charge >= 0.3 is 0 Å². The number of H-pyrrole nitrogens is 1. The fourth-order valence-corrected chi connectivity index (χ4v) is 3.47. The molecule has 3 N–H and O–H groups in total. The Hall–Kier alpha value is -2.61. The number of aliphatic imine (C=N–C) groups is 1. The summed E-state index contributed by atoms with van der Waals surface area (Å²) in [6.45, 7) is 1.34. The molecule has 8 heteroatoms. The summed E-state index contributed by atoms with van der Waals surface area (Å²) < 4.78 is 6.43. The lowest BCUT2D eigenvalue weighted by Crippen LogP contribution is -2.41. The van der Waals surface area contributed by atoms with Gasteiger partial charge in [0.1, 0.15) is 5.82 Å². The molecular formula is C19H21BrN6O. The van der Waals surface area contributed by atoms with Gasteiger partial charge < -0.3 is 15.1 Å². The van der Waals surface area contributed by atoms with Gasteiger partial charge in [-0.15, -0.1) is 5.10 Å². The number of aromatic nitrogens is 3. The molecule has 2 heterocycles. The van der Waals surface area contributed by atoms with Gasteiger partial charge in [0.15, 0.2) is 11.7 Å². The molecule has 1 aliphatic carbocycles. The molecule has 1 fully saturated rings. The third-order valence-corrected chi connectivity index (χ3v) is 5.30. The van der Waals surface area contributed by atoms with Gasteiger partial charge in [-0.3, -0.25) is 10.1 Å². The van der Waals surface area contributed by atoms with E-state index in [1.807, 2.05) is 12.1 Å². The summed E-state index contributed by atoms with van der Waals surface area (Å²) in [5.74, 6) is 2.65. The maximum Gasteiger partial charge on any atom is 0.216 e. The number of nitrogens with zero attached hydrogens (tertiary/aromatic N) is 3. The zero-order valence-electron chi connectivity index (χ0n) is 15.0. The van der Waals surface area contributed by atoms with Gasteiger partial charge in [0.05, 0.1) is 12.8 Å². The van der Waals surface area contributed by atoms with Gasteiger partial charge in [-0.05, 0) is 42.7 Å². The second kappa shape index (κ2) is 7.56. The van der Waals surface area contributed by atoms with E-state index in [4.69, 9.17) is 4.42 Å². The van der Waals surface area contributed by atoms with Crippen molar-refractivity contribution in [3.05, 3.63) is 58.5 Å². The fraction of sp³-hybridized carbons (Fsp3) is 0.316. The predicted molar refractivity (Wildman–Crippen MR) is 107 cm³/mol. The topological polar surface area (TPSA) is 91.1 Å². The van der Waals surface area contributed by atoms with Crippen LogP contribution in [-0.2, 0) is 12.0 Å². The average Bonchev–Trinajstić information content (AvgIpc) is 3.08. The number of guanidine groups is 1. The number of hydrogen-bond donors (Lipinski definition) is 3. The van der Waals surface area contributed by atoms with Crippen LogP contribution in [0.5, 0.6) is 0 Å². The second-order valence-corrected chi connectivity index (χ2v) is 7.57.